The Morgan fingerprint density at radius 1 is 1.04 bits per heavy atom. The third-order valence-electron chi connectivity index (χ3n) is 3.52. The van der Waals surface area contributed by atoms with Gasteiger partial charge in [0.25, 0.3) is 0 Å². The number of hydrogen-bond acceptors (Lipinski definition) is 4. The Bertz CT molecular complexity index is 976. The third-order valence-corrected chi connectivity index (χ3v) is 3.52. The number of nitrogens with two attached hydrogens (primary N) is 1. The molecule has 1 amide bonds. The van der Waals surface area contributed by atoms with E-state index in [1.807, 2.05) is 42.5 Å². The molecule has 0 spiro atoms. The minimum Gasteiger partial charge on any atom is -0.507 e. The van der Waals surface area contributed by atoms with Gasteiger partial charge in [-0.25, -0.2) is 0 Å². The van der Waals surface area contributed by atoms with Crippen LogP contribution in [-0.2, 0) is 6.54 Å². The van der Waals surface area contributed by atoms with Crippen LogP contribution in [0.2, 0.25) is 0 Å². The van der Waals surface area contributed by atoms with E-state index < -0.39 is 5.91 Å². The van der Waals surface area contributed by atoms with E-state index in [0.29, 0.717) is 12.2 Å². The predicted octanol–water partition coefficient (Wildman–Crippen LogP) is 3.44. The monoisotopic (exact) mass is 319 g/mol. The highest BCUT2D eigenvalue weighted by atomic mass is 16.3. The predicted molar refractivity (Wildman–Crippen MR) is 91.5 cm³/mol. The highest BCUT2D eigenvalue weighted by molar-refractivity contribution is 5.97. The number of phenols is 1. The van der Waals surface area contributed by atoms with Crippen molar-refractivity contribution < 1.29 is 9.90 Å². The lowest BCUT2D eigenvalue weighted by Crippen LogP contribution is -1.97. The first-order valence-corrected chi connectivity index (χ1v) is 7.31. The van der Waals surface area contributed by atoms with Crippen molar-refractivity contribution in [2.24, 2.45) is 10.2 Å². The molecule has 0 unspecified atom stereocenters. The maximum atomic E-state index is 11.9. The van der Waals surface area contributed by atoms with Gasteiger partial charge in [-0.3, -0.25) is 4.79 Å². The number of anilines is 1. The fraction of sp³-hybridized carbons (Fsp3) is 0.0556. The fourth-order valence-electron chi connectivity index (χ4n) is 2.30. The van der Waals surface area contributed by atoms with Gasteiger partial charge >= 0.3 is 5.91 Å². The topological polar surface area (TPSA) is 102 Å². The highest BCUT2D eigenvalue weighted by Gasteiger charge is 2.15. The first-order chi connectivity index (χ1) is 11.6. The minimum absolute atomic E-state index is 0.000319. The van der Waals surface area contributed by atoms with Gasteiger partial charge in [0.1, 0.15) is 17.4 Å². The molecule has 3 aromatic rings. The third kappa shape index (κ3) is 3.45. The van der Waals surface area contributed by atoms with E-state index in [2.05, 4.69) is 15.1 Å². The summed E-state index contributed by atoms with van der Waals surface area (Å²) >= 11 is 0. The molecule has 0 saturated carbocycles. The first kappa shape index (κ1) is 15.4. The Kier molecular flexibility index (Phi) is 4.32. The number of benzene rings is 3. The summed E-state index contributed by atoms with van der Waals surface area (Å²) in [5.41, 5.74) is 6.91. The molecule has 0 saturated heterocycles. The van der Waals surface area contributed by atoms with E-state index in [1.165, 1.54) is 18.2 Å². The zero-order valence-electron chi connectivity index (χ0n) is 12.8. The molecular formula is C18H15N4O2+. The molecule has 0 aliphatic rings. The van der Waals surface area contributed by atoms with E-state index in [-0.39, 0.29) is 11.3 Å². The fourth-order valence-corrected chi connectivity index (χ4v) is 2.30. The summed E-state index contributed by atoms with van der Waals surface area (Å²) in [5, 5.41) is 19.3. The normalized spacial score (nSPS) is 10.2. The minimum atomic E-state index is -0.693. The molecule has 0 radical (unpaired) electrons. The molecule has 0 atom stereocenters. The molecule has 3 N–H and O–H groups in total. The number of nitrogens with zero attached hydrogens (tertiary/aromatic N) is 3. The maximum Gasteiger partial charge on any atom is 0.364 e. The molecule has 0 heterocycles. The van der Waals surface area contributed by atoms with Gasteiger partial charge in [-0.15, -0.1) is 0 Å². The van der Waals surface area contributed by atoms with Gasteiger partial charge in [0.2, 0.25) is 10.0 Å². The van der Waals surface area contributed by atoms with Crippen molar-refractivity contribution in [3.63, 3.8) is 0 Å². The standard InChI is InChI=1S/C18H14N4O2/c19-15-7-8-17(23)16(10-15)18(24)21-22-20-11-12-5-6-13-3-1-2-4-14(13)9-12/h1-10,19H,11H2,(H,20,21,24)/p+1. The van der Waals surface area contributed by atoms with Crippen molar-refractivity contribution in [2.75, 3.05) is 5.73 Å². The number of carbonyl (C=O) groups is 1. The molecule has 0 bridgehead atoms. The van der Waals surface area contributed by atoms with Crippen LogP contribution in [0.4, 0.5) is 5.69 Å². The smallest absolute Gasteiger partial charge is 0.364 e. The molecule has 6 nitrogen and oxygen atoms in total. The van der Waals surface area contributed by atoms with Crippen molar-refractivity contribution >= 4 is 22.4 Å². The second kappa shape index (κ2) is 6.73. The van der Waals surface area contributed by atoms with Gasteiger partial charge in [-0.1, -0.05) is 36.4 Å². The summed E-state index contributed by atoms with van der Waals surface area (Å²) in [6.45, 7) is 0.310. The molecule has 118 valence electrons. The van der Waals surface area contributed by atoms with E-state index >= 15 is 0 Å². The largest absolute Gasteiger partial charge is 0.507 e. The molecule has 3 aromatic carbocycles. The van der Waals surface area contributed by atoms with Crippen LogP contribution in [-0.4, -0.2) is 11.0 Å². The second-order valence-electron chi connectivity index (χ2n) is 5.25. The van der Waals surface area contributed by atoms with Gasteiger partial charge in [0.05, 0.1) is 5.56 Å². The van der Waals surface area contributed by atoms with Gasteiger partial charge in [0, 0.05) is 5.69 Å². The van der Waals surface area contributed by atoms with Gasteiger partial charge in [-0.2, -0.15) is 0 Å². The zero-order valence-corrected chi connectivity index (χ0v) is 12.8. The van der Waals surface area contributed by atoms with E-state index in [0.717, 1.165) is 16.3 Å². The lowest BCUT2D eigenvalue weighted by atomic mass is 10.1. The van der Waals surface area contributed by atoms with Crippen LogP contribution in [0.25, 0.3) is 10.8 Å². The van der Waals surface area contributed by atoms with Crippen LogP contribution < -0.4 is 10.6 Å². The van der Waals surface area contributed by atoms with Gasteiger partial charge < -0.3 is 10.8 Å². The van der Waals surface area contributed by atoms with Crippen molar-refractivity contribution in [3.05, 3.63) is 71.8 Å². The van der Waals surface area contributed by atoms with Crippen LogP contribution >= 0.6 is 0 Å². The number of nitrogen functional groups attached to an aromatic ring is 1. The number of carbonyl (C=O) groups excluding carboxylic acids is 1. The number of hydrogen-bond donors (Lipinski definition) is 2. The first-order valence-electron chi connectivity index (χ1n) is 7.31. The Labute approximate surface area is 138 Å². The Balaban J connectivity index is 1.73. The summed E-state index contributed by atoms with van der Waals surface area (Å²) < 4.78 is 0. The Hall–Kier alpha value is -3.50. The van der Waals surface area contributed by atoms with Crippen LogP contribution in [0.1, 0.15) is 15.9 Å². The lowest BCUT2D eigenvalue weighted by molar-refractivity contribution is 0.0990. The van der Waals surface area contributed by atoms with Crippen LogP contribution in [0, 0.1) is 0 Å². The maximum absolute atomic E-state index is 11.9. The molecule has 0 fully saturated rings. The Morgan fingerprint density at radius 2 is 1.83 bits per heavy atom. The summed E-state index contributed by atoms with van der Waals surface area (Å²) in [5.74, 6) is -0.884. The van der Waals surface area contributed by atoms with Crippen LogP contribution in [0.3, 0.4) is 0 Å². The average Bonchev–Trinajstić information content (AvgIpc) is 2.60. The van der Waals surface area contributed by atoms with Gasteiger partial charge in [-0.05, 0) is 40.6 Å². The quantitative estimate of drug-likeness (QED) is 0.334. The van der Waals surface area contributed by atoms with E-state index in [9.17, 15) is 9.90 Å². The summed E-state index contributed by atoms with van der Waals surface area (Å²) in [7, 11) is 0. The van der Waals surface area contributed by atoms with Crippen molar-refractivity contribution in [2.45, 2.75) is 6.54 Å². The summed E-state index contributed by atoms with van der Waals surface area (Å²) in [6.07, 6.45) is 0. The second-order valence-corrected chi connectivity index (χ2v) is 5.25. The van der Waals surface area contributed by atoms with E-state index in [1.54, 1.807) is 0 Å². The highest BCUT2D eigenvalue weighted by Crippen LogP contribution is 2.20. The SMILES string of the molecule is Nc1ccc(O)c(C(=O)N=[N+]=NCc2ccc3ccccc3c2)c1. The van der Waals surface area contributed by atoms with Gasteiger partial charge in [0.15, 0.2) is 0 Å². The number of phenolic OH excluding ortho intramolecular Hbond substituents is 1. The molecule has 0 aromatic heterocycles. The number of aromatic hydroxyl groups is 1. The zero-order chi connectivity index (χ0) is 16.9. The number of amides is 1. The number of fused-ring (bicyclic) bond motifs is 1. The molecule has 0 aliphatic carbocycles. The molecule has 24 heavy (non-hydrogen) atoms. The molecule has 3 rings (SSSR count). The average molecular weight is 319 g/mol. The Morgan fingerprint density at radius 3 is 2.67 bits per heavy atom. The van der Waals surface area contributed by atoms with Crippen LogP contribution in [0.5, 0.6) is 5.75 Å². The summed E-state index contributed by atoms with van der Waals surface area (Å²) in [4.78, 5) is 15.4. The molecular weight excluding hydrogens is 304 g/mol. The lowest BCUT2D eigenvalue weighted by Gasteiger charge is -1.98. The number of rotatable bonds is 3. The van der Waals surface area contributed by atoms with Crippen molar-refractivity contribution in [1.29, 1.82) is 0 Å². The van der Waals surface area contributed by atoms with Crippen molar-refractivity contribution in [3.8, 4) is 5.75 Å². The van der Waals surface area contributed by atoms with E-state index in [4.69, 9.17) is 5.73 Å². The molecule has 6 heteroatoms. The molecule has 0 aliphatic heterocycles. The van der Waals surface area contributed by atoms with Crippen LogP contribution in [0.15, 0.2) is 70.9 Å². The summed E-state index contributed by atoms with van der Waals surface area (Å²) in [6, 6.07) is 18.2. The van der Waals surface area contributed by atoms with Crippen molar-refractivity contribution in [1.82, 2.24) is 4.91 Å².